The van der Waals surface area contributed by atoms with Gasteiger partial charge in [-0.1, -0.05) is 23.8 Å². The molecule has 0 nitrogen and oxygen atoms in total. The van der Waals surface area contributed by atoms with Crippen LogP contribution < -0.4 is 0 Å². The number of allylic oxidation sites excluding steroid dienone is 4. The van der Waals surface area contributed by atoms with Gasteiger partial charge in [-0.05, 0) is 67.9 Å². The van der Waals surface area contributed by atoms with Crippen LogP contribution in [-0.4, -0.2) is 4.08 Å². The molecule has 0 radical (unpaired) electrons. The minimum Gasteiger partial charge on any atom is -0.211 e. The van der Waals surface area contributed by atoms with Crippen molar-refractivity contribution in [1.29, 1.82) is 0 Å². The Labute approximate surface area is 147 Å². The summed E-state index contributed by atoms with van der Waals surface area (Å²) in [4.78, 5) is 0. The van der Waals surface area contributed by atoms with Crippen molar-refractivity contribution in [3.8, 4) is 0 Å². The normalized spacial score (nSPS) is 28.2. The van der Waals surface area contributed by atoms with E-state index in [0.717, 1.165) is 24.3 Å². The third kappa shape index (κ3) is 3.02. The van der Waals surface area contributed by atoms with Crippen LogP contribution in [0.15, 0.2) is 35.7 Å². The fraction of sp³-hybridized carbons (Fsp3) is 0.500. The predicted molar refractivity (Wildman–Crippen MR) is 100 cm³/mol. The van der Waals surface area contributed by atoms with E-state index in [0.29, 0.717) is 5.92 Å². The predicted octanol–water partition coefficient (Wildman–Crippen LogP) is 6.32. The van der Waals surface area contributed by atoms with Crippen LogP contribution in [0.4, 0.5) is 4.39 Å². The molecule has 1 aromatic rings. The molecule has 3 aliphatic rings. The van der Waals surface area contributed by atoms with Crippen molar-refractivity contribution < 1.29 is 4.39 Å². The van der Waals surface area contributed by atoms with Crippen molar-refractivity contribution in [2.75, 3.05) is 0 Å². The zero-order valence-corrected chi connectivity index (χ0v) is 15.6. The molecule has 2 aliphatic carbocycles. The van der Waals surface area contributed by atoms with Crippen molar-refractivity contribution in [2.45, 2.75) is 49.2 Å². The van der Waals surface area contributed by atoms with Crippen LogP contribution >= 0.6 is 23.5 Å². The third-order valence-electron chi connectivity index (χ3n) is 5.48. The lowest BCUT2D eigenvalue weighted by molar-refractivity contribution is 0.555. The maximum absolute atomic E-state index is 13.6. The lowest BCUT2D eigenvalue weighted by Crippen LogP contribution is -2.17. The molecule has 2 unspecified atom stereocenters. The van der Waals surface area contributed by atoms with E-state index >= 15 is 0 Å². The van der Waals surface area contributed by atoms with Crippen molar-refractivity contribution in [3.05, 3.63) is 57.9 Å². The standard InChI is InChI=1S/C20H23FS2/c1-12-6-15-10-22-20(3,23-11-16(15)7-13(12)2)9-14-4-5-19(21)18-8-17(14)18/h4-7,17-18H,8-11H2,1-3H3. The largest absolute Gasteiger partial charge is 0.211 e. The molecule has 3 heteroatoms. The first kappa shape index (κ1) is 15.8. The second-order valence-corrected chi connectivity index (χ2v) is 10.6. The molecular formula is C20H23FS2. The minimum atomic E-state index is 0.100. The van der Waals surface area contributed by atoms with E-state index in [-0.39, 0.29) is 15.8 Å². The third-order valence-corrected chi connectivity index (χ3v) is 8.61. The van der Waals surface area contributed by atoms with Crippen LogP contribution in [0.25, 0.3) is 0 Å². The summed E-state index contributed by atoms with van der Waals surface area (Å²) in [6.45, 7) is 6.79. The molecule has 23 heavy (non-hydrogen) atoms. The summed E-state index contributed by atoms with van der Waals surface area (Å²) in [5, 5.41) is 0. The highest BCUT2D eigenvalue weighted by atomic mass is 32.2. The van der Waals surface area contributed by atoms with Gasteiger partial charge in [-0.25, -0.2) is 4.39 Å². The molecular weight excluding hydrogens is 323 g/mol. The molecule has 0 N–H and O–H groups in total. The average molecular weight is 347 g/mol. The van der Waals surface area contributed by atoms with E-state index in [1.807, 2.05) is 0 Å². The van der Waals surface area contributed by atoms with Gasteiger partial charge in [0.15, 0.2) is 0 Å². The lowest BCUT2D eigenvalue weighted by Gasteiger charge is -2.28. The zero-order chi connectivity index (χ0) is 16.2. The minimum absolute atomic E-state index is 0.100. The van der Waals surface area contributed by atoms with Gasteiger partial charge in [0.1, 0.15) is 5.83 Å². The first-order valence-electron chi connectivity index (χ1n) is 8.38. The molecule has 1 aliphatic heterocycles. The van der Waals surface area contributed by atoms with Crippen molar-refractivity contribution in [1.82, 2.24) is 0 Å². The summed E-state index contributed by atoms with van der Waals surface area (Å²) in [6, 6.07) is 4.75. The molecule has 4 rings (SSSR count). The summed E-state index contributed by atoms with van der Waals surface area (Å²) in [5.41, 5.74) is 7.27. The number of aryl methyl sites for hydroxylation is 2. The molecule has 0 amide bonds. The Bertz CT molecular complexity index is 684. The molecule has 1 saturated carbocycles. The Morgan fingerprint density at radius 2 is 1.65 bits per heavy atom. The van der Waals surface area contributed by atoms with Crippen LogP contribution in [-0.2, 0) is 11.5 Å². The van der Waals surface area contributed by atoms with Crippen LogP contribution in [0, 0.1) is 25.7 Å². The maximum atomic E-state index is 13.6. The number of rotatable bonds is 2. The van der Waals surface area contributed by atoms with Crippen LogP contribution in [0.1, 0.15) is 42.0 Å². The molecule has 1 fully saturated rings. The quantitative estimate of drug-likeness (QED) is 0.614. The molecule has 2 atom stereocenters. The van der Waals surface area contributed by atoms with Crippen molar-refractivity contribution in [2.24, 2.45) is 11.8 Å². The SMILES string of the molecule is Cc1cc2c(cc1C)CSC(C)(CC1=CC=C(F)C3CC13)SC2. The van der Waals surface area contributed by atoms with Crippen LogP contribution in [0.2, 0.25) is 0 Å². The van der Waals surface area contributed by atoms with Gasteiger partial charge in [-0.3, -0.25) is 0 Å². The fourth-order valence-electron chi connectivity index (χ4n) is 3.71. The molecule has 0 aromatic heterocycles. The second kappa shape index (κ2) is 5.70. The van der Waals surface area contributed by atoms with E-state index in [2.05, 4.69) is 62.5 Å². The van der Waals surface area contributed by atoms with Gasteiger partial charge < -0.3 is 0 Å². The number of fused-ring (bicyclic) bond motifs is 2. The smallest absolute Gasteiger partial charge is 0.104 e. The molecule has 122 valence electrons. The van der Waals surface area contributed by atoms with E-state index in [1.165, 1.54) is 27.8 Å². The average Bonchev–Trinajstić information content (AvgIpc) is 3.32. The molecule has 1 aromatic carbocycles. The second-order valence-electron chi connectivity index (χ2n) is 7.33. The number of thioether (sulfide) groups is 2. The zero-order valence-electron chi connectivity index (χ0n) is 14.0. The Kier molecular flexibility index (Phi) is 3.92. The number of halogens is 1. The Hall–Kier alpha value is -0.670. The fourth-order valence-corrected chi connectivity index (χ4v) is 6.40. The molecule has 1 heterocycles. The summed E-state index contributed by atoms with van der Waals surface area (Å²) in [7, 11) is 0. The van der Waals surface area contributed by atoms with Crippen LogP contribution in [0.5, 0.6) is 0 Å². The summed E-state index contributed by atoms with van der Waals surface area (Å²) in [5.74, 6) is 2.98. The highest BCUT2D eigenvalue weighted by molar-refractivity contribution is 8.17. The summed E-state index contributed by atoms with van der Waals surface area (Å²) >= 11 is 4.13. The van der Waals surface area contributed by atoms with E-state index in [1.54, 1.807) is 6.08 Å². The summed E-state index contributed by atoms with van der Waals surface area (Å²) < 4.78 is 13.8. The lowest BCUT2D eigenvalue weighted by atomic mass is 9.99. The van der Waals surface area contributed by atoms with Gasteiger partial charge in [0.05, 0.1) is 4.08 Å². The first-order valence-corrected chi connectivity index (χ1v) is 10.4. The number of hydrogen-bond donors (Lipinski definition) is 0. The maximum Gasteiger partial charge on any atom is 0.104 e. The summed E-state index contributed by atoms with van der Waals surface area (Å²) in [6.07, 6.45) is 5.87. The Balaban J connectivity index is 1.53. The Morgan fingerprint density at radius 1 is 1.04 bits per heavy atom. The topological polar surface area (TPSA) is 0 Å². The van der Waals surface area contributed by atoms with Crippen LogP contribution in [0.3, 0.4) is 0 Å². The highest BCUT2D eigenvalue weighted by Gasteiger charge is 2.46. The van der Waals surface area contributed by atoms with Gasteiger partial charge in [0, 0.05) is 17.4 Å². The van der Waals surface area contributed by atoms with Crippen molar-refractivity contribution >= 4 is 23.5 Å². The number of benzene rings is 1. The molecule has 0 bridgehead atoms. The van der Waals surface area contributed by atoms with Gasteiger partial charge in [0.25, 0.3) is 0 Å². The molecule has 0 saturated heterocycles. The van der Waals surface area contributed by atoms with Gasteiger partial charge in [-0.15, -0.1) is 23.5 Å². The van der Waals surface area contributed by atoms with Gasteiger partial charge >= 0.3 is 0 Å². The Morgan fingerprint density at radius 3 is 2.26 bits per heavy atom. The molecule has 0 spiro atoms. The number of hydrogen-bond acceptors (Lipinski definition) is 2. The van der Waals surface area contributed by atoms with Gasteiger partial charge in [0.2, 0.25) is 0 Å². The highest BCUT2D eigenvalue weighted by Crippen LogP contribution is 2.57. The van der Waals surface area contributed by atoms with E-state index in [9.17, 15) is 4.39 Å². The first-order chi connectivity index (χ1) is 11.0. The van der Waals surface area contributed by atoms with E-state index < -0.39 is 0 Å². The van der Waals surface area contributed by atoms with Crippen molar-refractivity contribution in [3.63, 3.8) is 0 Å². The van der Waals surface area contributed by atoms with E-state index in [4.69, 9.17) is 0 Å². The monoisotopic (exact) mass is 346 g/mol. The van der Waals surface area contributed by atoms with Gasteiger partial charge in [-0.2, -0.15) is 0 Å².